The van der Waals surface area contributed by atoms with Gasteiger partial charge in [0.15, 0.2) is 0 Å². The van der Waals surface area contributed by atoms with Gasteiger partial charge in [0.05, 0.1) is 22.0 Å². The smallest absolute Gasteiger partial charge is 0.0766 e. The van der Waals surface area contributed by atoms with Crippen LogP contribution in [0.2, 0.25) is 0 Å². The Morgan fingerprint density at radius 2 is 2.05 bits per heavy atom. The average Bonchev–Trinajstić information content (AvgIpc) is 2.73. The van der Waals surface area contributed by atoms with Gasteiger partial charge in [-0.3, -0.25) is 4.68 Å². The number of rotatable bonds is 8. The van der Waals surface area contributed by atoms with Crippen molar-refractivity contribution < 1.29 is 4.74 Å². The molecule has 0 saturated carbocycles. The van der Waals surface area contributed by atoms with Crippen LogP contribution in [-0.4, -0.2) is 35.6 Å². The van der Waals surface area contributed by atoms with E-state index in [1.165, 1.54) is 5.69 Å². The maximum absolute atomic E-state index is 5.48. The molecular weight excluding hydrogens is 306 g/mol. The summed E-state index contributed by atoms with van der Waals surface area (Å²) < 4.78 is 8.72. The van der Waals surface area contributed by atoms with Crippen molar-refractivity contribution in [2.24, 2.45) is 0 Å². The van der Waals surface area contributed by atoms with E-state index in [2.05, 4.69) is 58.7 Å². The van der Waals surface area contributed by atoms with Gasteiger partial charge in [-0.2, -0.15) is 5.10 Å². The molecule has 0 amide bonds. The zero-order valence-electron chi connectivity index (χ0n) is 12.7. The monoisotopic (exact) mass is 331 g/mol. The minimum Gasteiger partial charge on any atom is -0.380 e. The number of ether oxygens (including phenoxy) is 1. The van der Waals surface area contributed by atoms with Crippen molar-refractivity contribution in [1.29, 1.82) is 0 Å². The standard InChI is InChI=1S/C14H26BrN3O/c1-6-11-14(15)13(18(8-3)17-11)9-12(16-7-2)10(4)19-5/h10,12,16H,6-9H2,1-5H3. The Labute approximate surface area is 125 Å². The first-order valence-electron chi connectivity index (χ1n) is 7.09. The molecule has 2 unspecified atom stereocenters. The average molecular weight is 332 g/mol. The second kappa shape index (κ2) is 8.02. The van der Waals surface area contributed by atoms with Crippen LogP contribution in [0.5, 0.6) is 0 Å². The highest BCUT2D eigenvalue weighted by molar-refractivity contribution is 9.10. The van der Waals surface area contributed by atoms with Crippen LogP contribution in [0.4, 0.5) is 0 Å². The number of aromatic nitrogens is 2. The molecule has 1 N–H and O–H groups in total. The predicted molar refractivity (Wildman–Crippen MR) is 82.6 cm³/mol. The number of aryl methyl sites for hydroxylation is 2. The number of nitrogens with zero attached hydrogens (tertiary/aromatic N) is 2. The Bertz CT molecular complexity index is 392. The lowest BCUT2D eigenvalue weighted by Gasteiger charge is -2.24. The normalized spacial score (nSPS) is 14.6. The van der Waals surface area contributed by atoms with E-state index in [-0.39, 0.29) is 6.10 Å². The number of hydrogen-bond acceptors (Lipinski definition) is 3. The van der Waals surface area contributed by atoms with Gasteiger partial charge in [0.1, 0.15) is 0 Å². The van der Waals surface area contributed by atoms with Crippen molar-refractivity contribution in [1.82, 2.24) is 15.1 Å². The van der Waals surface area contributed by atoms with Crippen molar-refractivity contribution in [2.45, 2.75) is 59.2 Å². The Morgan fingerprint density at radius 3 is 2.53 bits per heavy atom. The highest BCUT2D eigenvalue weighted by atomic mass is 79.9. The Morgan fingerprint density at radius 1 is 1.37 bits per heavy atom. The fourth-order valence-electron chi connectivity index (χ4n) is 2.25. The summed E-state index contributed by atoms with van der Waals surface area (Å²) in [6.07, 6.45) is 2.05. The second-order valence-electron chi connectivity index (χ2n) is 4.69. The van der Waals surface area contributed by atoms with Gasteiger partial charge in [-0.25, -0.2) is 0 Å². The van der Waals surface area contributed by atoms with Crippen molar-refractivity contribution in [2.75, 3.05) is 13.7 Å². The van der Waals surface area contributed by atoms with E-state index in [1.54, 1.807) is 7.11 Å². The van der Waals surface area contributed by atoms with Crippen LogP contribution in [0.25, 0.3) is 0 Å². The molecule has 2 atom stereocenters. The molecule has 0 aliphatic carbocycles. The molecule has 0 fully saturated rings. The molecule has 0 aliphatic heterocycles. The number of halogens is 1. The van der Waals surface area contributed by atoms with E-state index in [1.807, 2.05) is 0 Å². The largest absolute Gasteiger partial charge is 0.380 e. The first-order valence-corrected chi connectivity index (χ1v) is 7.88. The van der Waals surface area contributed by atoms with Gasteiger partial charge in [-0.05, 0) is 42.7 Å². The zero-order chi connectivity index (χ0) is 14.4. The molecule has 5 heteroatoms. The van der Waals surface area contributed by atoms with Crippen molar-refractivity contribution in [3.8, 4) is 0 Å². The summed E-state index contributed by atoms with van der Waals surface area (Å²) in [5, 5.41) is 8.15. The number of methoxy groups -OCH3 is 1. The van der Waals surface area contributed by atoms with Gasteiger partial charge in [0.25, 0.3) is 0 Å². The van der Waals surface area contributed by atoms with E-state index >= 15 is 0 Å². The Kier molecular flexibility index (Phi) is 7.04. The second-order valence-corrected chi connectivity index (χ2v) is 5.48. The summed E-state index contributed by atoms with van der Waals surface area (Å²) in [6, 6.07) is 0.304. The SMILES string of the molecule is CCNC(Cc1c(Br)c(CC)nn1CC)C(C)OC. The van der Waals surface area contributed by atoms with Crippen LogP contribution in [0.1, 0.15) is 39.1 Å². The maximum Gasteiger partial charge on any atom is 0.0766 e. The van der Waals surface area contributed by atoms with Crippen LogP contribution >= 0.6 is 15.9 Å². The molecule has 0 spiro atoms. The summed E-state index contributed by atoms with van der Waals surface area (Å²) in [5.41, 5.74) is 2.39. The quantitative estimate of drug-likeness (QED) is 0.796. The summed E-state index contributed by atoms with van der Waals surface area (Å²) >= 11 is 3.70. The lowest BCUT2D eigenvalue weighted by atomic mass is 10.1. The first kappa shape index (κ1) is 16.7. The summed E-state index contributed by atoms with van der Waals surface area (Å²) in [5.74, 6) is 0. The molecule has 1 aromatic rings. The molecule has 0 saturated heterocycles. The minimum absolute atomic E-state index is 0.178. The third-order valence-corrected chi connectivity index (χ3v) is 4.43. The van der Waals surface area contributed by atoms with Crippen LogP contribution in [0.3, 0.4) is 0 Å². The van der Waals surface area contributed by atoms with Gasteiger partial charge in [-0.1, -0.05) is 13.8 Å². The minimum atomic E-state index is 0.178. The highest BCUT2D eigenvalue weighted by Gasteiger charge is 2.22. The summed E-state index contributed by atoms with van der Waals surface area (Å²) in [6.45, 7) is 10.3. The molecule has 1 aromatic heterocycles. The van der Waals surface area contributed by atoms with Crippen LogP contribution in [-0.2, 0) is 24.1 Å². The number of hydrogen-bond donors (Lipinski definition) is 1. The fourth-order valence-corrected chi connectivity index (χ4v) is 2.98. The van der Waals surface area contributed by atoms with E-state index in [4.69, 9.17) is 4.74 Å². The molecule has 1 rings (SSSR count). The fraction of sp³-hybridized carbons (Fsp3) is 0.786. The topological polar surface area (TPSA) is 39.1 Å². The molecule has 0 aliphatic rings. The molecule has 1 heterocycles. The summed E-state index contributed by atoms with van der Waals surface area (Å²) in [4.78, 5) is 0. The van der Waals surface area contributed by atoms with Gasteiger partial charge >= 0.3 is 0 Å². The number of nitrogens with one attached hydrogen (secondary N) is 1. The lowest BCUT2D eigenvalue weighted by Crippen LogP contribution is -2.41. The van der Waals surface area contributed by atoms with Gasteiger partial charge in [-0.15, -0.1) is 0 Å². The summed E-state index contributed by atoms with van der Waals surface area (Å²) in [7, 11) is 1.76. The molecule has 110 valence electrons. The molecule has 0 radical (unpaired) electrons. The Balaban J connectivity index is 2.97. The molecular formula is C14H26BrN3O. The van der Waals surface area contributed by atoms with Crippen LogP contribution < -0.4 is 5.32 Å². The van der Waals surface area contributed by atoms with E-state index in [9.17, 15) is 0 Å². The Hall–Kier alpha value is -0.390. The lowest BCUT2D eigenvalue weighted by molar-refractivity contribution is 0.0829. The van der Waals surface area contributed by atoms with Crippen molar-refractivity contribution >= 4 is 15.9 Å². The van der Waals surface area contributed by atoms with Crippen LogP contribution in [0, 0.1) is 0 Å². The third-order valence-electron chi connectivity index (χ3n) is 3.51. The van der Waals surface area contributed by atoms with E-state index < -0.39 is 0 Å². The van der Waals surface area contributed by atoms with Gasteiger partial charge in [0.2, 0.25) is 0 Å². The van der Waals surface area contributed by atoms with Gasteiger partial charge in [0, 0.05) is 26.1 Å². The zero-order valence-corrected chi connectivity index (χ0v) is 14.2. The molecule has 19 heavy (non-hydrogen) atoms. The maximum atomic E-state index is 5.48. The van der Waals surface area contributed by atoms with Gasteiger partial charge < -0.3 is 10.1 Å². The number of likely N-dealkylation sites (N-methyl/N-ethyl adjacent to an activating group) is 1. The van der Waals surface area contributed by atoms with Crippen molar-refractivity contribution in [3.05, 3.63) is 15.9 Å². The van der Waals surface area contributed by atoms with E-state index in [0.29, 0.717) is 6.04 Å². The highest BCUT2D eigenvalue weighted by Crippen LogP contribution is 2.24. The first-order chi connectivity index (χ1) is 9.08. The van der Waals surface area contributed by atoms with Crippen LogP contribution in [0.15, 0.2) is 4.47 Å². The molecule has 4 nitrogen and oxygen atoms in total. The van der Waals surface area contributed by atoms with E-state index in [0.717, 1.165) is 36.1 Å². The third kappa shape index (κ3) is 4.04. The predicted octanol–water partition coefficient (Wildman–Crippen LogP) is 2.78. The molecule has 0 bridgehead atoms. The van der Waals surface area contributed by atoms with Crippen molar-refractivity contribution in [3.63, 3.8) is 0 Å². The molecule has 0 aromatic carbocycles.